The lowest BCUT2D eigenvalue weighted by molar-refractivity contribution is 0.115. The second-order valence-electron chi connectivity index (χ2n) is 5.31. The Kier molecular flexibility index (Phi) is 4.74. The van der Waals surface area contributed by atoms with Gasteiger partial charge in [-0.1, -0.05) is 13.8 Å². The summed E-state index contributed by atoms with van der Waals surface area (Å²) in [6, 6.07) is 5.17. The van der Waals surface area contributed by atoms with Crippen LogP contribution < -0.4 is 11.3 Å². The lowest BCUT2D eigenvalue weighted by Gasteiger charge is -2.09. The van der Waals surface area contributed by atoms with E-state index in [0.29, 0.717) is 35.7 Å². The number of rotatable bonds is 6. The minimum absolute atomic E-state index is 0.0743. The zero-order chi connectivity index (χ0) is 14.5. The van der Waals surface area contributed by atoms with E-state index in [4.69, 9.17) is 10.5 Å². The maximum Gasteiger partial charge on any atom is 0.261 e. The van der Waals surface area contributed by atoms with E-state index in [9.17, 15) is 4.79 Å². The first kappa shape index (κ1) is 14.5. The monoisotopic (exact) mass is 275 g/mol. The van der Waals surface area contributed by atoms with Crippen molar-refractivity contribution < 1.29 is 4.74 Å². The van der Waals surface area contributed by atoms with Crippen LogP contribution in [0.4, 0.5) is 5.69 Å². The molecular weight excluding hydrogens is 254 g/mol. The summed E-state index contributed by atoms with van der Waals surface area (Å²) >= 11 is 0. The highest BCUT2D eigenvalue weighted by atomic mass is 16.5. The molecule has 108 valence electrons. The number of nitrogens with zero attached hydrogens (tertiary/aromatic N) is 2. The molecule has 5 nitrogen and oxygen atoms in total. The smallest absolute Gasteiger partial charge is 0.261 e. The van der Waals surface area contributed by atoms with Crippen molar-refractivity contribution in [2.45, 2.75) is 26.8 Å². The van der Waals surface area contributed by atoms with Crippen molar-refractivity contribution in [1.29, 1.82) is 0 Å². The molecule has 0 aliphatic carbocycles. The van der Waals surface area contributed by atoms with E-state index in [1.54, 1.807) is 29.1 Å². The van der Waals surface area contributed by atoms with Gasteiger partial charge in [0.2, 0.25) is 0 Å². The van der Waals surface area contributed by atoms with Gasteiger partial charge in [0, 0.05) is 12.3 Å². The summed E-state index contributed by atoms with van der Waals surface area (Å²) in [4.78, 5) is 16.5. The maximum absolute atomic E-state index is 12.3. The Labute approximate surface area is 118 Å². The van der Waals surface area contributed by atoms with Gasteiger partial charge in [0.25, 0.3) is 5.56 Å². The minimum atomic E-state index is -0.0743. The second-order valence-corrected chi connectivity index (χ2v) is 5.31. The molecule has 0 spiro atoms. The Morgan fingerprint density at radius 3 is 2.90 bits per heavy atom. The van der Waals surface area contributed by atoms with Crippen LogP contribution in [0, 0.1) is 5.92 Å². The summed E-state index contributed by atoms with van der Waals surface area (Å²) in [5, 5.41) is 0.551. The highest BCUT2D eigenvalue weighted by Gasteiger charge is 2.04. The number of anilines is 1. The Balaban J connectivity index is 2.04. The number of hydrogen-bond acceptors (Lipinski definition) is 4. The summed E-state index contributed by atoms with van der Waals surface area (Å²) in [5.41, 5.74) is 6.88. The fourth-order valence-corrected chi connectivity index (χ4v) is 1.92. The highest BCUT2D eigenvalue weighted by molar-refractivity contribution is 5.80. The third-order valence-electron chi connectivity index (χ3n) is 3.16. The standard InChI is InChI=1S/C15H21N3O2/c1-11(2)5-7-20-8-6-18-10-17-14-4-3-12(16)9-13(14)15(18)19/h3-4,9-11H,5-8,16H2,1-2H3. The first-order valence-corrected chi connectivity index (χ1v) is 6.90. The van der Waals surface area contributed by atoms with Gasteiger partial charge in [-0.05, 0) is 30.5 Å². The van der Waals surface area contributed by atoms with E-state index in [-0.39, 0.29) is 5.56 Å². The molecule has 0 bridgehead atoms. The summed E-state index contributed by atoms with van der Waals surface area (Å²) in [5.74, 6) is 0.628. The van der Waals surface area contributed by atoms with Crippen LogP contribution in [0.2, 0.25) is 0 Å². The number of ether oxygens (including phenoxy) is 1. The Morgan fingerprint density at radius 2 is 2.15 bits per heavy atom. The topological polar surface area (TPSA) is 70.1 Å². The molecule has 0 amide bonds. The van der Waals surface area contributed by atoms with Gasteiger partial charge in [0.1, 0.15) is 0 Å². The van der Waals surface area contributed by atoms with Crippen LogP contribution in [0.25, 0.3) is 10.9 Å². The van der Waals surface area contributed by atoms with Gasteiger partial charge in [-0.2, -0.15) is 0 Å². The fraction of sp³-hybridized carbons (Fsp3) is 0.467. The molecule has 0 aliphatic heterocycles. The molecule has 0 radical (unpaired) electrons. The molecule has 2 N–H and O–H groups in total. The summed E-state index contributed by atoms with van der Waals surface area (Å²) in [6.07, 6.45) is 2.59. The number of nitrogen functional groups attached to an aromatic ring is 1. The lowest BCUT2D eigenvalue weighted by atomic mass is 10.1. The zero-order valence-electron chi connectivity index (χ0n) is 12.0. The summed E-state index contributed by atoms with van der Waals surface area (Å²) < 4.78 is 7.09. The van der Waals surface area contributed by atoms with Gasteiger partial charge in [0.05, 0.1) is 30.4 Å². The van der Waals surface area contributed by atoms with Crippen LogP contribution in [0.15, 0.2) is 29.3 Å². The van der Waals surface area contributed by atoms with Crippen molar-refractivity contribution >= 4 is 16.6 Å². The van der Waals surface area contributed by atoms with E-state index in [0.717, 1.165) is 13.0 Å². The molecule has 20 heavy (non-hydrogen) atoms. The Morgan fingerprint density at radius 1 is 1.35 bits per heavy atom. The molecule has 0 aliphatic rings. The number of fused-ring (bicyclic) bond motifs is 1. The molecule has 0 unspecified atom stereocenters. The van der Waals surface area contributed by atoms with Crippen molar-refractivity contribution in [1.82, 2.24) is 9.55 Å². The van der Waals surface area contributed by atoms with E-state index >= 15 is 0 Å². The molecule has 1 heterocycles. The van der Waals surface area contributed by atoms with E-state index in [1.807, 2.05) is 0 Å². The van der Waals surface area contributed by atoms with Gasteiger partial charge >= 0.3 is 0 Å². The predicted molar refractivity (Wildman–Crippen MR) is 80.7 cm³/mol. The Hall–Kier alpha value is -1.88. The Bertz CT molecular complexity index is 635. The third-order valence-corrected chi connectivity index (χ3v) is 3.16. The van der Waals surface area contributed by atoms with Crippen molar-refractivity contribution in [2.24, 2.45) is 5.92 Å². The molecule has 2 aromatic rings. The molecule has 0 saturated carbocycles. The highest BCUT2D eigenvalue weighted by Crippen LogP contribution is 2.10. The molecule has 2 rings (SSSR count). The second kappa shape index (κ2) is 6.52. The van der Waals surface area contributed by atoms with Gasteiger partial charge < -0.3 is 10.5 Å². The molecule has 1 aromatic heterocycles. The van der Waals surface area contributed by atoms with Crippen LogP contribution in [-0.2, 0) is 11.3 Å². The van der Waals surface area contributed by atoms with E-state index < -0.39 is 0 Å². The van der Waals surface area contributed by atoms with E-state index in [1.165, 1.54) is 0 Å². The van der Waals surface area contributed by atoms with Gasteiger partial charge in [-0.25, -0.2) is 4.98 Å². The van der Waals surface area contributed by atoms with Crippen LogP contribution in [0.3, 0.4) is 0 Å². The molecule has 1 aromatic carbocycles. The van der Waals surface area contributed by atoms with E-state index in [2.05, 4.69) is 18.8 Å². The minimum Gasteiger partial charge on any atom is -0.399 e. The van der Waals surface area contributed by atoms with Crippen molar-refractivity contribution in [3.05, 3.63) is 34.9 Å². The molecule has 0 atom stereocenters. The van der Waals surface area contributed by atoms with Gasteiger partial charge in [-0.3, -0.25) is 9.36 Å². The average molecular weight is 275 g/mol. The van der Waals surface area contributed by atoms with Crippen LogP contribution >= 0.6 is 0 Å². The van der Waals surface area contributed by atoms with Crippen LogP contribution in [0.1, 0.15) is 20.3 Å². The van der Waals surface area contributed by atoms with Crippen LogP contribution in [0.5, 0.6) is 0 Å². The van der Waals surface area contributed by atoms with Gasteiger partial charge in [0.15, 0.2) is 0 Å². The van der Waals surface area contributed by atoms with Crippen LogP contribution in [-0.4, -0.2) is 22.8 Å². The molecule has 0 fully saturated rings. The number of aromatic nitrogens is 2. The van der Waals surface area contributed by atoms with Crippen molar-refractivity contribution in [3.63, 3.8) is 0 Å². The zero-order valence-corrected chi connectivity index (χ0v) is 12.0. The normalized spacial score (nSPS) is 11.3. The summed E-state index contributed by atoms with van der Waals surface area (Å²) in [6.45, 7) is 6.06. The summed E-state index contributed by atoms with van der Waals surface area (Å²) in [7, 11) is 0. The fourth-order valence-electron chi connectivity index (χ4n) is 1.92. The average Bonchev–Trinajstić information content (AvgIpc) is 2.41. The number of nitrogens with two attached hydrogens (primary N) is 1. The first-order valence-electron chi connectivity index (χ1n) is 6.90. The van der Waals surface area contributed by atoms with Crippen molar-refractivity contribution in [2.75, 3.05) is 18.9 Å². The largest absolute Gasteiger partial charge is 0.399 e. The lowest BCUT2D eigenvalue weighted by Crippen LogP contribution is -2.23. The molecule has 0 saturated heterocycles. The SMILES string of the molecule is CC(C)CCOCCn1cnc2ccc(N)cc2c1=O. The quantitative estimate of drug-likeness (QED) is 0.647. The molecule has 5 heteroatoms. The maximum atomic E-state index is 12.3. The number of hydrogen-bond donors (Lipinski definition) is 1. The molecular formula is C15H21N3O2. The van der Waals surface area contributed by atoms with Crippen molar-refractivity contribution in [3.8, 4) is 0 Å². The first-order chi connectivity index (χ1) is 9.58. The predicted octanol–water partition coefficient (Wildman–Crippen LogP) is 2.04. The number of benzene rings is 1. The third kappa shape index (κ3) is 3.57. The van der Waals surface area contributed by atoms with Gasteiger partial charge in [-0.15, -0.1) is 0 Å².